The van der Waals surface area contributed by atoms with E-state index in [1.807, 2.05) is 0 Å². The van der Waals surface area contributed by atoms with Crippen LogP contribution in [0.2, 0.25) is 0 Å². The van der Waals surface area contributed by atoms with Crippen molar-refractivity contribution >= 4 is 21.8 Å². The lowest BCUT2D eigenvalue weighted by Crippen LogP contribution is -2.27. The third-order valence-electron chi connectivity index (χ3n) is 2.60. The number of carbonyl (C=O) groups is 1. The monoisotopic (exact) mass is 329 g/mol. The number of amides is 1. The molecule has 0 saturated carbocycles. The van der Waals surface area contributed by atoms with Crippen molar-refractivity contribution in [2.75, 3.05) is 0 Å². The van der Waals surface area contributed by atoms with Crippen molar-refractivity contribution in [1.29, 1.82) is 0 Å². The summed E-state index contributed by atoms with van der Waals surface area (Å²) in [5, 5.41) is 8.82. The molecule has 2 rings (SSSR count). The fraction of sp³-hybridized carbons (Fsp3) is 0.167. The molecular formula is C12H10BrF2N3O. The van der Waals surface area contributed by atoms with E-state index in [2.05, 4.69) is 31.4 Å². The van der Waals surface area contributed by atoms with Gasteiger partial charge in [0.25, 0.3) is 5.91 Å². The van der Waals surface area contributed by atoms with E-state index in [1.54, 1.807) is 6.92 Å². The second kappa shape index (κ2) is 5.48. The molecule has 1 aromatic heterocycles. The first-order valence-corrected chi connectivity index (χ1v) is 6.23. The maximum absolute atomic E-state index is 13.6. The predicted octanol–water partition coefficient (Wildman–Crippen LogP) is 2.94. The molecule has 7 heteroatoms. The van der Waals surface area contributed by atoms with Gasteiger partial charge in [-0.2, -0.15) is 5.10 Å². The van der Waals surface area contributed by atoms with Gasteiger partial charge in [0.05, 0.1) is 16.7 Å². The highest BCUT2D eigenvalue weighted by molar-refractivity contribution is 9.10. The van der Waals surface area contributed by atoms with Crippen LogP contribution >= 0.6 is 15.9 Å². The second-order valence-electron chi connectivity index (χ2n) is 3.95. The number of hydrogen-bond acceptors (Lipinski definition) is 2. The van der Waals surface area contributed by atoms with E-state index < -0.39 is 23.6 Å². The first-order chi connectivity index (χ1) is 8.99. The second-order valence-corrected chi connectivity index (χ2v) is 4.81. The zero-order valence-corrected chi connectivity index (χ0v) is 11.5. The Morgan fingerprint density at radius 3 is 2.79 bits per heavy atom. The number of aromatic nitrogens is 2. The lowest BCUT2D eigenvalue weighted by atomic mass is 10.1. The third-order valence-corrected chi connectivity index (χ3v) is 3.20. The van der Waals surface area contributed by atoms with Crippen LogP contribution in [0.1, 0.15) is 29.0 Å². The van der Waals surface area contributed by atoms with E-state index >= 15 is 0 Å². The molecular weight excluding hydrogens is 320 g/mol. The number of nitrogens with zero attached hydrogens (tertiary/aromatic N) is 1. The summed E-state index contributed by atoms with van der Waals surface area (Å²) in [7, 11) is 0. The molecule has 0 aliphatic heterocycles. The van der Waals surface area contributed by atoms with Gasteiger partial charge in [0.15, 0.2) is 0 Å². The van der Waals surface area contributed by atoms with Crippen molar-refractivity contribution < 1.29 is 13.6 Å². The molecule has 0 bridgehead atoms. The average Bonchev–Trinajstić information content (AvgIpc) is 2.75. The molecule has 0 fully saturated rings. The fourth-order valence-corrected chi connectivity index (χ4v) is 2.00. The van der Waals surface area contributed by atoms with Gasteiger partial charge in [0.1, 0.15) is 17.3 Å². The van der Waals surface area contributed by atoms with Crippen LogP contribution < -0.4 is 5.32 Å². The van der Waals surface area contributed by atoms with Crippen molar-refractivity contribution in [3.8, 4) is 0 Å². The summed E-state index contributed by atoms with van der Waals surface area (Å²) in [6, 6.07) is 2.64. The van der Waals surface area contributed by atoms with E-state index in [4.69, 9.17) is 0 Å². The third kappa shape index (κ3) is 2.98. The van der Waals surface area contributed by atoms with E-state index in [-0.39, 0.29) is 11.3 Å². The van der Waals surface area contributed by atoms with Crippen LogP contribution in [0.5, 0.6) is 0 Å². The Balaban J connectivity index is 2.15. The number of hydrogen-bond donors (Lipinski definition) is 2. The molecule has 2 aromatic rings. The number of carbonyl (C=O) groups excluding carboxylic acids is 1. The summed E-state index contributed by atoms with van der Waals surface area (Å²) in [5.74, 6) is -1.78. The van der Waals surface area contributed by atoms with Crippen LogP contribution in [0.15, 0.2) is 28.9 Å². The van der Waals surface area contributed by atoms with Gasteiger partial charge in [-0.1, -0.05) is 6.07 Å². The fourth-order valence-electron chi connectivity index (χ4n) is 1.63. The molecule has 1 heterocycles. The predicted molar refractivity (Wildman–Crippen MR) is 68.5 cm³/mol. The molecule has 1 aromatic carbocycles. The highest BCUT2D eigenvalue weighted by Gasteiger charge is 2.17. The van der Waals surface area contributed by atoms with Gasteiger partial charge >= 0.3 is 0 Å². The van der Waals surface area contributed by atoms with Gasteiger partial charge in [-0.05, 0) is 28.9 Å². The zero-order chi connectivity index (χ0) is 14.0. The summed E-state index contributed by atoms with van der Waals surface area (Å²) in [6.07, 6.45) is 1.44. The van der Waals surface area contributed by atoms with Gasteiger partial charge < -0.3 is 5.32 Å². The van der Waals surface area contributed by atoms with Crippen molar-refractivity contribution in [1.82, 2.24) is 15.5 Å². The van der Waals surface area contributed by atoms with Crippen molar-refractivity contribution in [3.63, 3.8) is 0 Å². The summed E-state index contributed by atoms with van der Waals surface area (Å²) in [5.41, 5.74) is 0.458. The Bertz CT molecular complexity index is 615. The van der Waals surface area contributed by atoms with Crippen molar-refractivity contribution in [2.45, 2.75) is 13.0 Å². The largest absolute Gasteiger partial charge is 0.344 e. The Kier molecular flexibility index (Phi) is 3.94. The summed E-state index contributed by atoms with van der Waals surface area (Å²) >= 11 is 3.16. The van der Waals surface area contributed by atoms with Gasteiger partial charge in [-0.25, -0.2) is 8.78 Å². The maximum atomic E-state index is 13.6. The van der Waals surface area contributed by atoms with Crippen molar-refractivity contribution in [3.05, 3.63) is 51.8 Å². The highest BCUT2D eigenvalue weighted by atomic mass is 79.9. The molecule has 0 unspecified atom stereocenters. The van der Waals surface area contributed by atoms with E-state index in [1.165, 1.54) is 12.3 Å². The smallest absolute Gasteiger partial charge is 0.270 e. The molecule has 1 amide bonds. The van der Waals surface area contributed by atoms with Crippen LogP contribution in [-0.4, -0.2) is 16.1 Å². The quantitative estimate of drug-likeness (QED) is 0.909. The SMILES string of the molecule is C[C@H](NC(=O)c1[nH]ncc1Br)c1ccc(F)cc1F. The molecule has 100 valence electrons. The Hall–Kier alpha value is -1.76. The van der Waals surface area contributed by atoms with Crippen molar-refractivity contribution in [2.24, 2.45) is 0 Å². The first-order valence-electron chi connectivity index (χ1n) is 5.43. The van der Waals surface area contributed by atoms with E-state index in [9.17, 15) is 13.6 Å². The summed E-state index contributed by atoms with van der Waals surface area (Å²) in [4.78, 5) is 11.9. The van der Waals surface area contributed by atoms with Crippen LogP contribution in [-0.2, 0) is 0 Å². The average molecular weight is 330 g/mol. The standard InChI is InChI=1S/C12H10BrF2N3O/c1-6(8-3-2-7(14)4-10(8)15)17-12(19)11-9(13)5-16-18-11/h2-6H,1H3,(H,16,18)(H,17,19)/t6-/m0/s1. The van der Waals surface area contributed by atoms with E-state index in [0.717, 1.165) is 12.1 Å². The molecule has 4 nitrogen and oxygen atoms in total. The molecule has 0 aliphatic carbocycles. The number of H-pyrrole nitrogens is 1. The van der Waals surface area contributed by atoms with Crippen LogP contribution in [0, 0.1) is 11.6 Å². The number of rotatable bonds is 3. The molecule has 0 spiro atoms. The van der Waals surface area contributed by atoms with Gasteiger partial charge in [0.2, 0.25) is 0 Å². The van der Waals surface area contributed by atoms with Gasteiger partial charge in [-0.15, -0.1) is 0 Å². The normalized spacial score (nSPS) is 12.2. The minimum atomic E-state index is -0.698. The topological polar surface area (TPSA) is 57.8 Å². The molecule has 0 saturated heterocycles. The molecule has 1 atom stereocenters. The maximum Gasteiger partial charge on any atom is 0.270 e. The van der Waals surface area contributed by atoms with E-state index in [0.29, 0.717) is 4.47 Å². The number of halogens is 3. The van der Waals surface area contributed by atoms with Crippen LogP contribution in [0.4, 0.5) is 8.78 Å². The molecule has 0 aliphatic rings. The minimum Gasteiger partial charge on any atom is -0.344 e. The Morgan fingerprint density at radius 2 is 2.21 bits per heavy atom. The van der Waals surface area contributed by atoms with Crippen LogP contribution in [0.25, 0.3) is 0 Å². The van der Waals surface area contributed by atoms with Crippen LogP contribution in [0.3, 0.4) is 0 Å². The first kappa shape index (κ1) is 13.7. The summed E-state index contributed by atoms with van der Waals surface area (Å²) < 4.78 is 26.9. The summed E-state index contributed by atoms with van der Waals surface area (Å²) in [6.45, 7) is 1.61. The Morgan fingerprint density at radius 1 is 1.47 bits per heavy atom. The number of aromatic amines is 1. The lowest BCUT2D eigenvalue weighted by molar-refractivity contribution is 0.0933. The minimum absolute atomic E-state index is 0.213. The van der Waals surface area contributed by atoms with Gasteiger partial charge in [0, 0.05) is 11.6 Å². The zero-order valence-electron chi connectivity index (χ0n) is 9.88. The number of benzene rings is 1. The molecule has 19 heavy (non-hydrogen) atoms. The van der Waals surface area contributed by atoms with Gasteiger partial charge in [-0.3, -0.25) is 9.89 Å². The highest BCUT2D eigenvalue weighted by Crippen LogP contribution is 2.19. The molecule has 2 N–H and O–H groups in total. The molecule has 0 radical (unpaired) electrons. The Labute approximate surface area is 116 Å². The lowest BCUT2D eigenvalue weighted by Gasteiger charge is -2.14. The number of nitrogens with one attached hydrogen (secondary N) is 2.